The molecule has 0 saturated heterocycles. The van der Waals surface area contributed by atoms with Crippen LogP contribution in [0.15, 0.2) is 0 Å². The average Bonchev–Trinajstić information content (AvgIpc) is 2.15. The Hall–Kier alpha value is -1.06. The van der Waals surface area contributed by atoms with Gasteiger partial charge in [0.1, 0.15) is 0 Å². The van der Waals surface area contributed by atoms with Gasteiger partial charge in [-0.3, -0.25) is 9.59 Å². The van der Waals surface area contributed by atoms with Crippen LogP contribution in [-0.2, 0) is 9.59 Å². The minimum Gasteiger partial charge on any atom is -0.481 e. The molecule has 0 aromatic heterocycles. The van der Waals surface area contributed by atoms with Crippen molar-refractivity contribution in [3.05, 3.63) is 0 Å². The lowest BCUT2D eigenvalue weighted by Gasteiger charge is -2.25. The summed E-state index contributed by atoms with van der Waals surface area (Å²) in [5.74, 6) is -1.39. The number of carbonyl (C=O) groups is 2. The van der Waals surface area contributed by atoms with E-state index in [0.29, 0.717) is 13.1 Å². The maximum atomic E-state index is 11.7. The molecule has 1 atom stereocenters. The largest absolute Gasteiger partial charge is 0.481 e. The maximum Gasteiger partial charge on any atom is 0.308 e. The van der Waals surface area contributed by atoms with Gasteiger partial charge in [0, 0.05) is 19.0 Å². The van der Waals surface area contributed by atoms with E-state index in [2.05, 4.69) is 0 Å². The molecule has 15 heavy (non-hydrogen) atoms. The van der Waals surface area contributed by atoms with E-state index >= 15 is 0 Å². The normalized spacial score (nSPS) is 12.6. The van der Waals surface area contributed by atoms with Crippen molar-refractivity contribution in [2.45, 2.75) is 34.1 Å². The molecule has 1 unspecified atom stereocenters. The van der Waals surface area contributed by atoms with E-state index in [-0.39, 0.29) is 11.8 Å². The van der Waals surface area contributed by atoms with E-state index in [9.17, 15) is 9.59 Å². The Morgan fingerprint density at radius 2 is 1.80 bits per heavy atom. The van der Waals surface area contributed by atoms with Crippen molar-refractivity contribution >= 4 is 11.9 Å². The number of aliphatic carboxylic acids is 1. The number of nitrogens with zero attached hydrogens (tertiary/aromatic N) is 1. The number of carbonyl (C=O) groups excluding carboxylic acids is 1. The summed E-state index contributed by atoms with van der Waals surface area (Å²) in [7, 11) is 0. The van der Waals surface area contributed by atoms with E-state index in [0.717, 1.165) is 6.42 Å². The van der Waals surface area contributed by atoms with Crippen LogP contribution in [0.2, 0.25) is 0 Å². The predicted molar refractivity (Wildman–Crippen MR) is 58.5 cm³/mol. The number of carboxylic acids is 1. The quantitative estimate of drug-likeness (QED) is 0.732. The number of hydrogen-bond donors (Lipinski definition) is 1. The minimum atomic E-state index is -0.854. The molecule has 0 rings (SSSR count). The Kier molecular flexibility index (Phi) is 5.97. The predicted octanol–water partition coefficient (Wildman–Crippen LogP) is 1.60. The number of amides is 1. The van der Waals surface area contributed by atoms with Gasteiger partial charge in [-0.2, -0.15) is 0 Å². The fourth-order valence-electron chi connectivity index (χ4n) is 1.34. The molecule has 0 aromatic rings. The maximum absolute atomic E-state index is 11.7. The van der Waals surface area contributed by atoms with Crippen LogP contribution >= 0.6 is 0 Å². The molecule has 1 amide bonds. The molecule has 0 aliphatic rings. The Morgan fingerprint density at radius 1 is 1.27 bits per heavy atom. The average molecular weight is 215 g/mol. The summed E-state index contributed by atoms with van der Waals surface area (Å²) in [6.45, 7) is 8.20. The Morgan fingerprint density at radius 3 is 2.13 bits per heavy atom. The van der Waals surface area contributed by atoms with E-state index in [4.69, 9.17) is 5.11 Å². The summed E-state index contributed by atoms with van der Waals surface area (Å²) in [5.41, 5.74) is 0. The molecule has 0 bridgehead atoms. The number of carboxylic acid groups (broad SMARTS) is 1. The van der Waals surface area contributed by atoms with Gasteiger partial charge in [-0.1, -0.05) is 27.7 Å². The summed E-state index contributed by atoms with van der Waals surface area (Å²) < 4.78 is 0. The number of rotatable bonds is 6. The molecule has 4 nitrogen and oxygen atoms in total. The second-order valence-electron chi connectivity index (χ2n) is 4.18. The highest BCUT2D eigenvalue weighted by Crippen LogP contribution is 2.07. The van der Waals surface area contributed by atoms with E-state index in [1.807, 2.05) is 20.8 Å². The topological polar surface area (TPSA) is 57.6 Å². The molecule has 0 aliphatic carbocycles. The van der Waals surface area contributed by atoms with Crippen LogP contribution in [0.1, 0.15) is 34.1 Å². The molecular weight excluding hydrogens is 194 g/mol. The van der Waals surface area contributed by atoms with Crippen molar-refractivity contribution in [3.63, 3.8) is 0 Å². The third-order valence-corrected chi connectivity index (χ3v) is 2.21. The van der Waals surface area contributed by atoms with Gasteiger partial charge >= 0.3 is 5.97 Å². The first-order valence-corrected chi connectivity index (χ1v) is 5.41. The van der Waals surface area contributed by atoms with E-state index < -0.39 is 11.9 Å². The van der Waals surface area contributed by atoms with Crippen molar-refractivity contribution in [1.29, 1.82) is 0 Å². The lowest BCUT2D eigenvalue weighted by Crippen LogP contribution is -2.39. The molecule has 4 heteroatoms. The van der Waals surface area contributed by atoms with Gasteiger partial charge in [-0.15, -0.1) is 0 Å². The molecule has 0 aliphatic heterocycles. The van der Waals surface area contributed by atoms with E-state index in [1.54, 1.807) is 11.8 Å². The van der Waals surface area contributed by atoms with Gasteiger partial charge in [-0.25, -0.2) is 0 Å². The summed E-state index contributed by atoms with van der Waals surface area (Å²) in [4.78, 5) is 24.1. The first-order chi connectivity index (χ1) is 6.90. The van der Waals surface area contributed by atoms with Gasteiger partial charge in [0.05, 0.1) is 5.92 Å². The first-order valence-electron chi connectivity index (χ1n) is 5.41. The highest BCUT2D eigenvalue weighted by Gasteiger charge is 2.21. The SMILES string of the molecule is CCCN(CC(C)C(=O)O)C(=O)C(C)C. The standard InChI is InChI=1S/C11H21NO3/c1-5-6-12(10(13)8(2)3)7-9(4)11(14)15/h8-9H,5-7H2,1-4H3,(H,14,15). The first kappa shape index (κ1) is 13.9. The molecule has 0 aromatic carbocycles. The smallest absolute Gasteiger partial charge is 0.308 e. The van der Waals surface area contributed by atoms with Gasteiger partial charge in [0.25, 0.3) is 0 Å². The lowest BCUT2D eigenvalue weighted by atomic mass is 10.1. The van der Waals surface area contributed by atoms with Crippen molar-refractivity contribution in [3.8, 4) is 0 Å². The Labute approximate surface area is 91.3 Å². The molecule has 1 N–H and O–H groups in total. The lowest BCUT2D eigenvalue weighted by molar-refractivity contribution is -0.143. The molecule has 0 spiro atoms. The van der Waals surface area contributed by atoms with Crippen molar-refractivity contribution in [1.82, 2.24) is 4.90 Å². The Bertz CT molecular complexity index is 226. The van der Waals surface area contributed by atoms with Crippen LogP contribution in [0.25, 0.3) is 0 Å². The van der Waals surface area contributed by atoms with Gasteiger partial charge in [-0.05, 0) is 6.42 Å². The van der Waals surface area contributed by atoms with Crippen LogP contribution in [0, 0.1) is 11.8 Å². The minimum absolute atomic E-state index is 0.0324. The third kappa shape index (κ3) is 4.81. The zero-order valence-corrected chi connectivity index (χ0v) is 9.99. The van der Waals surface area contributed by atoms with Crippen LogP contribution in [0.4, 0.5) is 0 Å². The van der Waals surface area contributed by atoms with Crippen LogP contribution in [-0.4, -0.2) is 35.0 Å². The molecule has 0 saturated carbocycles. The molecule has 0 radical (unpaired) electrons. The summed E-state index contributed by atoms with van der Waals surface area (Å²) in [6, 6.07) is 0. The van der Waals surface area contributed by atoms with Crippen molar-refractivity contribution < 1.29 is 14.7 Å². The second-order valence-corrected chi connectivity index (χ2v) is 4.18. The van der Waals surface area contributed by atoms with Crippen LogP contribution in [0.3, 0.4) is 0 Å². The zero-order chi connectivity index (χ0) is 12.0. The Balaban J connectivity index is 4.39. The zero-order valence-electron chi connectivity index (χ0n) is 9.99. The second kappa shape index (κ2) is 6.43. The van der Waals surface area contributed by atoms with Gasteiger partial charge < -0.3 is 10.0 Å². The summed E-state index contributed by atoms with van der Waals surface area (Å²) in [5, 5.41) is 8.78. The molecular formula is C11H21NO3. The highest BCUT2D eigenvalue weighted by atomic mass is 16.4. The monoisotopic (exact) mass is 215 g/mol. The molecule has 0 fully saturated rings. The van der Waals surface area contributed by atoms with Crippen LogP contribution < -0.4 is 0 Å². The van der Waals surface area contributed by atoms with E-state index in [1.165, 1.54) is 0 Å². The van der Waals surface area contributed by atoms with Gasteiger partial charge in [0.15, 0.2) is 0 Å². The molecule has 88 valence electrons. The molecule has 0 heterocycles. The third-order valence-electron chi connectivity index (χ3n) is 2.21. The van der Waals surface area contributed by atoms with Crippen LogP contribution in [0.5, 0.6) is 0 Å². The number of hydrogen-bond acceptors (Lipinski definition) is 2. The van der Waals surface area contributed by atoms with Crippen molar-refractivity contribution in [2.75, 3.05) is 13.1 Å². The van der Waals surface area contributed by atoms with Gasteiger partial charge in [0.2, 0.25) is 5.91 Å². The summed E-state index contributed by atoms with van der Waals surface area (Å²) >= 11 is 0. The fourth-order valence-corrected chi connectivity index (χ4v) is 1.34. The fraction of sp³-hybridized carbons (Fsp3) is 0.818. The van der Waals surface area contributed by atoms with Crippen molar-refractivity contribution in [2.24, 2.45) is 11.8 Å². The highest BCUT2D eigenvalue weighted by molar-refractivity contribution is 5.79. The summed E-state index contributed by atoms with van der Waals surface area (Å²) in [6.07, 6.45) is 0.852.